The van der Waals surface area contributed by atoms with Crippen molar-refractivity contribution < 1.29 is 13.9 Å². The first-order valence-electron chi connectivity index (χ1n) is 8.77. The third-order valence-corrected chi connectivity index (χ3v) is 4.62. The van der Waals surface area contributed by atoms with Crippen LogP contribution in [0.1, 0.15) is 23.1 Å². The van der Waals surface area contributed by atoms with Crippen LogP contribution in [0.3, 0.4) is 0 Å². The second kappa shape index (κ2) is 7.63. The Morgan fingerprint density at radius 3 is 3.07 bits per heavy atom. The van der Waals surface area contributed by atoms with Crippen molar-refractivity contribution in [2.75, 3.05) is 13.7 Å². The fourth-order valence-corrected chi connectivity index (χ4v) is 3.35. The molecule has 1 aliphatic rings. The summed E-state index contributed by atoms with van der Waals surface area (Å²) in [6.45, 7) is 2.26. The first-order valence-corrected chi connectivity index (χ1v) is 8.77. The first-order chi connectivity index (χ1) is 13.2. The summed E-state index contributed by atoms with van der Waals surface area (Å²) in [6, 6.07) is 9.06. The molecule has 0 fully saturated rings. The highest BCUT2D eigenvalue weighted by Gasteiger charge is 2.31. The van der Waals surface area contributed by atoms with Crippen LogP contribution in [0.4, 0.5) is 0 Å². The number of nitrogens with one attached hydrogen (secondary N) is 1. The molecule has 0 saturated carbocycles. The summed E-state index contributed by atoms with van der Waals surface area (Å²) in [5.41, 5.74) is 1.99. The molecule has 3 aromatic rings. The van der Waals surface area contributed by atoms with Gasteiger partial charge in [0.1, 0.15) is 11.8 Å². The number of carbonyl (C=O) groups excluding carboxylic acids is 1. The highest BCUT2D eigenvalue weighted by molar-refractivity contribution is 5.80. The minimum Gasteiger partial charge on any atom is -0.481 e. The van der Waals surface area contributed by atoms with Gasteiger partial charge in [-0.1, -0.05) is 6.07 Å². The summed E-state index contributed by atoms with van der Waals surface area (Å²) < 4.78 is 12.4. The molecule has 1 atom stereocenters. The number of carbonyl (C=O) groups is 1. The number of hydrogen-bond acceptors (Lipinski definition) is 6. The maximum atomic E-state index is 12.8. The normalized spacial score (nSPS) is 16.7. The van der Waals surface area contributed by atoms with Crippen LogP contribution < -0.4 is 10.1 Å². The lowest BCUT2D eigenvalue weighted by atomic mass is 10.1. The van der Waals surface area contributed by atoms with Gasteiger partial charge in [-0.05, 0) is 24.3 Å². The predicted molar refractivity (Wildman–Crippen MR) is 96.7 cm³/mol. The van der Waals surface area contributed by atoms with E-state index in [9.17, 15) is 4.79 Å². The second-order valence-electron chi connectivity index (χ2n) is 6.42. The van der Waals surface area contributed by atoms with Crippen LogP contribution in [0.5, 0.6) is 5.88 Å². The average molecular weight is 367 g/mol. The molecule has 3 aromatic heterocycles. The van der Waals surface area contributed by atoms with Gasteiger partial charge in [-0.3, -0.25) is 14.4 Å². The molecule has 1 N–H and O–H groups in total. The smallest absolute Gasteiger partial charge is 0.246 e. The topological polar surface area (TPSA) is 85.4 Å². The van der Waals surface area contributed by atoms with Gasteiger partial charge in [0.05, 0.1) is 25.6 Å². The van der Waals surface area contributed by atoms with Crippen LogP contribution >= 0.6 is 0 Å². The van der Waals surface area contributed by atoms with Gasteiger partial charge in [-0.15, -0.1) is 0 Å². The molecule has 0 bridgehead atoms. The van der Waals surface area contributed by atoms with E-state index in [0.717, 1.165) is 17.0 Å². The van der Waals surface area contributed by atoms with Crippen LogP contribution in [0.25, 0.3) is 0 Å². The van der Waals surface area contributed by atoms with E-state index in [4.69, 9.17) is 9.15 Å². The Labute approximate surface area is 156 Å². The van der Waals surface area contributed by atoms with Crippen LogP contribution in [0.2, 0.25) is 0 Å². The zero-order chi connectivity index (χ0) is 18.6. The summed E-state index contributed by atoms with van der Waals surface area (Å²) in [4.78, 5) is 19.3. The van der Waals surface area contributed by atoms with E-state index in [1.807, 2.05) is 24.3 Å². The fraction of sp³-hybridized carbons (Fsp3) is 0.316. The van der Waals surface area contributed by atoms with Gasteiger partial charge in [0.25, 0.3) is 0 Å². The number of methoxy groups -OCH3 is 1. The third-order valence-electron chi connectivity index (χ3n) is 4.62. The summed E-state index contributed by atoms with van der Waals surface area (Å²) in [7, 11) is 1.61. The molecule has 0 aromatic carbocycles. The molecule has 1 aliphatic heterocycles. The summed E-state index contributed by atoms with van der Waals surface area (Å²) >= 11 is 0. The van der Waals surface area contributed by atoms with Crippen LogP contribution in [-0.4, -0.2) is 39.2 Å². The van der Waals surface area contributed by atoms with Gasteiger partial charge >= 0.3 is 0 Å². The summed E-state index contributed by atoms with van der Waals surface area (Å²) in [5.74, 6) is 1.24. The number of hydrogen-bond donors (Lipinski definition) is 1. The second-order valence-corrected chi connectivity index (χ2v) is 6.42. The van der Waals surface area contributed by atoms with Crippen molar-refractivity contribution in [1.82, 2.24) is 25.0 Å². The molecule has 0 aliphatic carbocycles. The fourth-order valence-electron chi connectivity index (χ4n) is 3.35. The lowest BCUT2D eigenvalue weighted by Gasteiger charge is -2.33. The van der Waals surface area contributed by atoms with Gasteiger partial charge in [0.2, 0.25) is 11.8 Å². The lowest BCUT2D eigenvalue weighted by Crippen LogP contribution is -2.44. The lowest BCUT2D eigenvalue weighted by molar-refractivity contribution is -0.126. The molecule has 0 radical (unpaired) electrons. The zero-order valence-electron chi connectivity index (χ0n) is 15.0. The van der Waals surface area contributed by atoms with Crippen LogP contribution in [0.15, 0.2) is 53.4 Å². The molecule has 140 valence electrons. The molecular formula is C19H21N5O3. The third kappa shape index (κ3) is 3.70. The van der Waals surface area contributed by atoms with E-state index in [-0.39, 0.29) is 5.91 Å². The monoisotopic (exact) mass is 367 g/mol. The molecule has 0 saturated heterocycles. The van der Waals surface area contributed by atoms with Crippen LogP contribution in [0, 0.1) is 0 Å². The Balaban J connectivity index is 1.49. The van der Waals surface area contributed by atoms with Gasteiger partial charge in [0, 0.05) is 37.6 Å². The SMILES string of the molecule is COc1ncccc1CN1Cc2ccnn2[C@H](C(=O)NCc2ccco2)C1. The number of fused-ring (bicyclic) bond motifs is 1. The predicted octanol–water partition coefficient (Wildman–Crippen LogP) is 1.75. The molecular weight excluding hydrogens is 346 g/mol. The molecule has 27 heavy (non-hydrogen) atoms. The van der Waals surface area contributed by atoms with E-state index in [1.54, 1.807) is 36.5 Å². The van der Waals surface area contributed by atoms with Crippen molar-refractivity contribution in [2.45, 2.75) is 25.7 Å². The average Bonchev–Trinajstić information content (AvgIpc) is 3.37. The van der Waals surface area contributed by atoms with Crippen molar-refractivity contribution in [1.29, 1.82) is 0 Å². The highest BCUT2D eigenvalue weighted by Crippen LogP contribution is 2.24. The quantitative estimate of drug-likeness (QED) is 0.714. The van der Waals surface area contributed by atoms with Crippen molar-refractivity contribution >= 4 is 5.91 Å². The Bertz CT molecular complexity index is 906. The molecule has 8 heteroatoms. The van der Waals surface area contributed by atoms with Gasteiger partial charge in [-0.25, -0.2) is 4.98 Å². The highest BCUT2D eigenvalue weighted by atomic mass is 16.5. The minimum atomic E-state index is -0.402. The Morgan fingerprint density at radius 1 is 1.33 bits per heavy atom. The van der Waals surface area contributed by atoms with E-state index < -0.39 is 6.04 Å². The maximum absolute atomic E-state index is 12.8. The number of amides is 1. The number of nitrogens with zero attached hydrogens (tertiary/aromatic N) is 4. The van der Waals surface area contributed by atoms with E-state index in [1.165, 1.54) is 0 Å². The number of pyridine rings is 1. The Kier molecular flexibility index (Phi) is 4.88. The van der Waals surface area contributed by atoms with Crippen molar-refractivity contribution in [2.24, 2.45) is 0 Å². The molecule has 0 unspecified atom stereocenters. The Morgan fingerprint density at radius 2 is 2.26 bits per heavy atom. The largest absolute Gasteiger partial charge is 0.481 e. The number of ether oxygens (including phenoxy) is 1. The van der Waals surface area contributed by atoms with Crippen LogP contribution in [-0.2, 0) is 24.4 Å². The Hall–Kier alpha value is -3.13. The standard InChI is InChI=1S/C19H21N5O3/c1-26-19-14(4-2-7-20-19)11-23-12-15-6-8-22-24(15)17(13-23)18(25)21-10-16-5-3-9-27-16/h2-9,17H,10-13H2,1H3,(H,21,25)/t17-/m0/s1. The van der Waals surface area contributed by atoms with Gasteiger partial charge in [0.15, 0.2) is 0 Å². The van der Waals surface area contributed by atoms with E-state index in [2.05, 4.69) is 20.3 Å². The first kappa shape index (κ1) is 17.3. The van der Waals surface area contributed by atoms with E-state index >= 15 is 0 Å². The number of furan rings is 1. The molecule has 0 spiro atoms. The maximum Gasteiger partial charge on any atom is 0.246 e. The minimum absolute atomic E-state index is 0.0841. The molecule has 8 nitrogen and oxygen atoms in total. The summed E-state index contributed by atoms with van der Waals surface area (Å²) in [5, 5.41) is 7.28. The molecule has 1 amide bonds. The van der Waals surface area contributed by atoms with Crippen molar-refractivity contribution in [3.8, 4) is 5.88 Å². The zero-order valence-corrected chi connectivity index (χ0v) is 15.0. The number of rotatable bonds is 6. The van der Waals surface area contributed by atoms with Crippen molar-refractivity contribution in [3.05, 3.63) is 66.0 Å². The molecule has 4 rings (SSSR count). The number of aromatic nitrogens is 3. The van der Waals surface area contributed by atoms with Crippen molar-refractivity contribution in [3.63, 3.8) is 0 Å². The summed E-state index contributed by atoms with van der Waals surface area (Å²) in [6.07, 6.45) is 5.03. The molecule has 4 heterocycles. The van der Waals surface area contributed by atoms with E-state index in [0.29, 0.717) is 32.1 Å². The van der Waals surface area contributed by atoms with Gasteiger partial charge < -0.3 is 14.5 Å². The van der Waals surface area contributed by atoms with Gasteiger partial charge in [-0.2, -0.15) is 5.10 Å².